The Kier molecular flexibility index (Phi) is 4.41. The molecule has 1 amide bonds. The fraction of sp³-hybridized carbons (Fsp3) is 0.500. The van der Waals surface area contributed by atoms with Crippen molar-refractivity contribution in [3.8, 4) is 0 Å². The molecule has 1 atom stereocenters. The average molecular weight is 353 g/mol. The molecular formula is C14H19N5O4S. The number of ether oxygens (including phenoxy) is 1. The number of hydrogen-bond acceptors (Lipinski definition) is 6. The molecule has 1 fully saturated rings. The second-order valence-electron chi connectivity index (χ2n) is 5.81. The molecule has 0 aliphatic carbocycles. The number of sulfone groups is 1. The summed E-state index contributed by atoms with van der Waals surface area (Å²) in [4.78, 5) is 14.4. The topological polar surface area (TPSA) is 110 Å². The number of hydrogen-bond donors (Lipinski definition) is 1. The van der Waals surface area contributed by atoms with Gasteiger partial charge in [-0.15, -0.1) is 0 Å². The Labute approximate surface area is 139 Å². The number of nitrogens with one attached hydrogen (secondary N) is 1. The molecule has 10 heteroatoms. The van der Waals surface area contributed by atoms with Crippen molar-refractivity contribution < 1.29 is 17.9 Å². The van der Waals surface area contributed by atoms with Crippen LogP contribution in [0.5, 0.6) is 0 Å². The summed E-state index contributed by atoms with van der Waals surface area (Å²) in [5, 5.41) is 10.7. The van der Waals surface area contributed by atoms with Crippen molar-refractivity contribution in [1.82, 2.24) is 24.9 Å². The number of H-pyrrole nitrogens is 1. The lowest BCUT2D eigenvalue weighted by Crippen LogP contribution is -2.45. The van der Waals surface area contributed by atoms with E-state index in [0.29, 0.717) is 18.8 Å². The van der Waals surface area contributed by atoms with E-state index in [-0.39, 0.29) is 24.0 Å². The van der Waals surface area contributed by atoms with Crippen LogP contribution in [0, 0.1) is 6.92 Å². The fourth-order valence-electron chi connectivity index (χ4n) is 2.74. The van der Waals surface area contributed by atoms with Gasteiger partial charge in [0.25, 0.3) is 0 Å². The average Bonchev–Trinajstić information content (AvgIpc) is 3.16. The van der Waals surface area contributed by atoms with Gasteiger partial charge in [0.2, 0.25) is 5.91 Å². The SMILES string of the molecule is Cc1cnn(CC(=O)N2CCOC[C@@H]2c2[nH]ncc2S(C)(=O)=O)c1. The lowest BCUT2D eigenvalue weighted by atomic mass is 10.1. The highest BCUT2D eigenvalue weighted by molar-refractivity contribution is 7.90. The lowest BCUT2D eigenvalue weighted by molar-refractivity contribution is -0.141. The Hall–Kier alpha value is -2.20. The molecule has 0 bridgehead atoms. The van der Waals surface area contributed by atoms with Gasteiger partial charge in [0.1, 0.15) is 11.4 Å². The first-order chi connectivity index (χ1) is 11.4. The summed E-state index contributed by atoms with van der Waals surface area (Å²) < 4.78 is 30.8. The Morgan fingerprint density at radius 2 is 2.25 bits per heavy atom. The molecule has 0 saturated carbocycles. The summed E-state index contributed by atoms with van der Waals surface area (Å²) in [6.45, 7) is 2.99. The molecule has 0 radical (unpaired) electrons. The largest absolute Gasteiger partial charge is 0.377 e. The molecule has 1 aliphatic rings. The summed E-state index contributed by atoms with van der Waals surface area (Å²) in [5.41, 5.74) is 1.34. The number of rotatable bonds is 4. The number of carbonyl (C=O) groups is 1. The normalized spacial score (nSPS) is 18.8. The molecule has 1 aliphatic heterocycles. The first-order valence-corrected chi connectivity index (χ1v) is 9.35. The molecule has 130 valence electrons. The van der Waals surface area contributed by atoms with E-state index in [1.165, 1.54) is 6.20 Å². The van der Waals surface area contributed by atoms with E-state index >= 15 is 0 Å². The number of carbonyl (C=O) groups excluding carboxylic acids is 1. The minimum Gasteiger partial charge on any atom is -0.377 e. The van der Waals surface area contributed by atoms with Crippen LogP contribution < -0.4 is 0 Å². The van der Waals surface area contributed by atoms with E-state index in [9.17, 15) is 13.2 Å². The van der Waals surface area contributed by atoms with Crippen LogP contribution in [0.2, 0.25) is 0 Å². The quantitative estimate of drug-likeness (QED) is 0.823. The molecule has 24 heavy (non-hydrogen) atoms. The molecule has 0 aromatic carbocycles. The van der Waals surface area contributed by atoms with Gasteiger partial charge < -0.3 is 9.64 Å². The van der Waals surface area contributed by atoms with Crippen molar-refractivity contribution in [3.63, 3.8) is 0 Å². The Bertz CT molecular complexity index is 841. The van der Waals surface area contributed by atoms with E-state index < -0.39 is 15.9 Å². The summed E-state index contributed by atoms with van der Waals surface area (Å²) in [6, 6.07) is -0.518. The Morgan fingerprint density at radius 1 is 1.46 bits per heavy atom. The van der Waals surface area contributed by atoms with Crippen LogP contribution >= 0.6 is 0 Å². The fourth-order valence-corrected chi connectivity index (χ4v) is 3.57. The maximum atomic E-state index is 12.7. The van der Waals surface area contributed by atoms with Crippen LogP contribution in [0.1, 0.15) is 17.3 Å². The number of nitrogens with zero attached hydrogens (tertiary/aromatic N) is 4. The van der Waals surface area contributed by atoms with Gasteiger partial charge in [-0.05, 0) is 12.5 Å². The molecule has 2 aromatic rings. The highest BCUT2D eigenvalue weighted by Crippen LogP contribution is 2.28. The molecule has 0 spiro atoms. The number of morpholine rings is 1. The summed E-state index contributed by atoms with van der Waals surface area (Å²) >= 11 is 0. The second kappa shape index (κ2) is 6.36. The van der Waals surface area contributed by atoms with Gasteiger partial charge >= 0.3 is 0 Å². The van der Waals surface area contributed by atoms with Crippen LogP contribution in [0.15, 0.2) is 23.5 Å². The molecule has 0 unspecified atom stereocenters. The van der Waals surface area contributed by atoms with Crippen molar-refractivity contribution in [2.24, 2.45) is 0 Å². The number of amides is 1. The first-order valence-electron chi connectivity index (χ1n) is 7.46. The van der Waals surface area contributed by atoms with E-state index in [1.807, 2.05) is 6.92 Å². The van der Waals surface area contributed by atoms with Crippen molar-refractivity contribution in [2.75, 3.05) is 26.0 Å². The summed E-state index contributed by atoms with van der Waals surface area (Å²) in [6.07, 6.45) is 5.84. The standard InChI is InChI=1S/C14H19N5O4S/c1-10-5-16-18(7-10)8-13(20)19-3-4-23-9-11(19)14-12(6-15-17-14)24(2,21)22/h5-7,11H,3-4,8-9H2,1-2H3,(H,15,17)/t11-/m1/s1. The molecule has 3 heterocycles. The van der Waals surface area contributed by atoms with Gasteiger partial charge in [-0.3, -0.25) is 14.6 Å². The van der Waals surface area contributed by atoms with Crippen LogP contribution in [-0.4, -0.2) is 65.2 Å². The van der Waals surface area contributed by atoms with Gasteiger partial charge in [-0.2, -0.15) is 10.2 Å². The van der Waals surface area contributed by atoms with Crippen molar-refractivity contribution in [3.05, 3.63) is 29.8 Å². The van der Waals surface area contributed by atoms with Gasteiger partial charge in [0, 0.05) is 19.0 Å². The number of aryl methyl sites for hydroxylation is 1. The maximum absolute atomic E-state index is 12.7. The zero-order valence-electron chi connectivity index (χ0n) is 13.5. The monoisotopic (exact) mass is 353 g/mol. The zero-order valence-corrected chi connectivity index (χ0v) is 14.3. The predicted octanol–water partition coefficient (Wildman–Crippen LogP) is -0.0818. The Balaban J connectivity index is 1.86. The maximum Gasteiger partial charge on any atom is 0.245 e. The summed E-state index contributed by atoms with van der Waals surface area (Å²) in [7, 11) is -3.45. The van der Waals surface area contributed by atoms with Gasteiger partial charge in [-0.1, -0.05) is 0 Å². The van der Waals surface area contributed by atoms with E-state index in [0.717, 1.165) is 11.8 Å². The van der Waals surface area contributed by atoms with Crippen LogP contribution in [-0.2, 0) is 25.9 Å². The van der Waals surface area contributed by atoms with Crippen molar-refractivity contribution in [1.29, 1.82) is 0 Å². The minimum atomic E-state index is -3.45. The second-order valence-corrected chi connectivity index (χ2v) is 7.80. The van der Waals surface area contributed by atoms with Gasteiger partial charge in [0.05, 0.1) is 37.3 Å². The molecular weight excluding hydrogens is 334 g/mol. The third-order valence-corrected chi connectivity index (χ3v) is 5.00. The van der Waals surface area contributed by atoms with Crippen LogP contribution in [0.25, 0.3) is 0 Å². The molecule has 2 aromatic heterocycles. The number of aromatic nitrogens is 4. The molecule has 1 N–H and O–H groups in total. The highest BCUT2D eigenvalue weighted by Gasteiger charge is 2.33. The van der Waals surface area contributed by atoms with Crippen molar-refractivity contribution >= 4 is 15.7 Å². The van der Waals surface area contributed by atoms with Crippen molar-refractivity contribution in [2.45, 2.75) is 24.4 Å². The zero-order chi connectivity index (χ0) is 17.3. The van der Waals surface area contributed by atoms with E-state index in [2.05, 4.69) is 15.3 Å². The first kappa shape index (κ1) is 16.7. The smallest absolute Gasteiger partial charge is 0.245 e. The minimum absolute atomic E-state index is 0.0886. The van der Waals surface area contributed by atoms with E-state index in [1.54, 1.807) is 22.0 Å². The molecule has 3 rings (SSSR count). The van der Waals surface area contributed by atoms with Crippen LogP contribution in [0.4, 0.5) is 0 Å². The third kappa shape index (κ3) is 3.34. The van der Waals surface area contributed by atoms with Crippen LogP contribution in [0.3, 0.4) is 0 Å². The highest BCUT2D eigenvalue weighted by atomic mass is 32.2. The lowest BCUT2D eigenvalue weighted by Gasteiger charge is -2.35. The summed E-state index contributed by atoms with van der Waals surface area (Å²) in [5.74, 6) is -0.152. The predicted molar refractivity (Wildman–Crippen MR) is 83.9 cm³/mol. The third-order valence-electron chi connectivity index (χ3n) is 3.87. The van der Waals surface area contributed by atoms with Gasteiger partial charge in [-0.25, -0.2) is 8.42 Å². The number of aromatic amines is 1. The molecule has 1 saturated heterocycles. The Morgan fingerprint density at radius 3 is 2.92 bits per heavy atom. The van der Waals surface area contributed by atoms with E-state index in [4.69, 9.17) is 4.74 Å². The van der Waals surface area contributed by atoms with Gasteiger partial charge in [0.15, 0.2) is 9.84 Å². The molecule has 9 nitrogen and oxygen atoms in total.